The van der Waals surface area contributed by atoms with E-state index in [0.29, 0.717) is 11.6 Å². The second-order valence-corrected chi connectivity index (χ2v) is 6.05. The number of methoxy groups -OCH3 is 2. The summed E-state index contributed by atoms with van der Waals surface area (Å²) >= 11 is 1.56. The number of hydrogen-bond donors (Lipinski definition) is 2. The third-order valence-electron chi connectivity index (χ3n) is 3.62. The monoisotopic (exact) mass is 319 g/mol. The third kappa shape index (κ3) is 2.52. The Morgan fingerprint density at radius 1 is 1.32 bits per heavy atom. The van der Waals surface area contributed by atoms with Crippen LogP contribution < -0.4 is 14.8 Å². The molecule has 116 valence electrons. The van der Waals surface area contributed by atoms with Gasteiger partial charge in [0.1, 0.15) is 11.5 Å². The molecule has 3 rings (SSSR count). The van der Waals surface area contributed by atoms with E-state index in [2.05, 4.69) is 15.5 Å². The predicted molar refractivity (Wildman–Crippen MR) is 85.8 cm³/mol. The number of fused-ring (bicyclic) bond motifs is 1. The number of rotatable bonds is 3. The maximum atomic E-state index is 11.8. The fourth-order valence-electron chi connectivity index (χ4n) is 2.54. The molecule has 0 bridgehead atoms. The second kappa shape index (κ2) is 5.92. The number of aromatic nitrogens is 2. The molecule has 22 heavy (non-hydrogen) atoms. The zero-order valence-corrected chi connectivity index (χ0v) is 13.4. The van der Waals surface area contributed by atoms with E-state index >= 15 is 0 Å². The van der Waals surface area contributed by atoms with E-state index in [1.165, 1.54) is 0 Å². The third-order valence-corrected chi connectivity index (χ3v) is 4.87. The van der Waals surface area contributed by atoms with E-state index in [9.17, 15) is 4.79 Å². The SMILES string of the molecule is COc1ccc([C@H]2SCC(=O)Nc3n[nH]c(C)c32)c(OC)c1. The highest BCUT2D eigenvalue weighted by Gasteiger charge is 2.30. The summed E-state index contributed by atoms with van der Waals surface area (Å²) in [5.74, 6) is 2.38. The van der Waals surface area contributed by atoms with Crippen molar-refractivity contribution >= 4 is 23.5 Å². The molecule has 0 saturated heterocycles. The summed E-state index contributed by atoms with van der Waals surface area (Å²) in [6, 6.07) is 5.72. The Kier molecular flexibility index (Phi) is 3.98. The lowest BCUT2D eigenvalue weighted by atomic mass is 10.0. The van der Waals surface area contributed by atoms with Gasteiger partial charge >= 0.3 is 0 Å². The number of carbonyl (C=O) groups is 1. The van der Waals surface area contributed by atoms with Crippen LogP contribution in [0, 0.1) is 6.92 Å². The second-order valence-electron chi connectivity index (χ2n) is 4.96. The van der Waals surface area contributed by atoms with Crippen molar-refractivity contribution in [1.82, 2.24) is 10.2 Å². The molecule has 0 spiro atoms. The highest BCUT2D eigenvalue weighted by Crippen LogP contribution is 2.45. The number of thioether (sulfide) groups is 1. The van der Waals surface area contributed by atoms with E-state index in [1.54, 1.807) is 26.0 Å². The standard InChI is InChI=1S/C15H17N3O3S/c1-8-13-14(22-7-12(19)16-15(13)18-17-8)10-5-4-9(20-2)6-11(10)21-3/h4-6,14H,7H2,1-3H3,(H2,16,17,18,19)/t14-/m1/s1. The molecule has 1 aromatic heterocycles. The summed E-state index contributed by atoms with van der Waals surface area (Å²) in [6.07, 6.45) is 0. The van der Waals surface area contributed by atoms with Gasteiger partial charge in [-0.25, -0.2) is 0 Å². The van der Waals surface area contributed by atoms with Crippen molar-refractivity contribution in [2.45, 2.75) is 12.2 Å². The van der Waals surface area contributed by atoms with Crippen LogP contribution in [0.15, 0.2) is 18.2 Å². The van der Waals surface area contributed by atoms with Crippen molar-refractivity contribution in [2.75, 3.05) is 25.3 Å². The van der Waals surface area contributed by atoms with Crippen molar-refractivity contribution < 1.29 is 14.3 Å². The first-order valence-corrected chi connectivity index (χ1v) is 7.87. The minimum absolute atomic E-state index is 0.0337. The van der Waals surface area contributed by atoms with E-state index in [-0.39, 0.29) is 11.2 Å². The Labute approximate surface area is 132 Å². The van der Waals surface area contributed by atoms with E-state index in [1.807, 2.05) is 25.1 Å². The molecule has 1 aliphatic rings. The van der Waals surface area contributed by atoms with Crippen molar-refractivity contribution in [3.05, 3.63) is 35.0 Å². The molecule has 0 unspecified atom stereocenters. The van der Waals surface area contributed by atoms with Crippen molar-refractivity contribution in [3.63, 3.8) is 0 Å². The van der Waals surface area contributed by atoms with Gasteiger partial charge in [0, 0.05) is 22.9 Å². The van der Waals surface area contributed by atoms with Crippen molar-refractivity contribution in [2.24, 2.45) is 0 Å². The van der Waals surface area contributed by atoms with Crippen LogP contribution in [0.25, 0.3) is 0 Å². The Morgan fingerprint density at radius 3 is 2.86 bits per heavy atom. The Morgan fingerprint density at radius 2 is 2.14 bits per heavy atom. The summed E-state index contributed by atoms with van der Waals surface area (Å²) in [5.41, 5.74) is 2.92. The quantitative estimate of drug-likeness (QED) is 0.909. The average molecular weight is 319 g/mol. The van der Waals surface area contributed by atoms with Gasteiger partial charge in [-0.3, -0.25) is 9.89 Å². The summed E-state index contributed by atoms with van der Waals surface area (Å²) in [6.45, 7) is 1.95. The molecule has 1 aromatic carbocycles. The van der Waals surface area contributed by atoms with Crippen LogP contribution in [0.4, 0.5) is 5.82 Å². The fraction of sp³-hybridized carbons (Fsp3) is 0.333. The van der Waals surface area contributed by atoms with Gasteiger partial charge in [-0.05, 0) is 13.0 Å². The lowest BCUT2D eigenvalue weighted by Crippen LogP contribution is -2.12. The van der Waals surface area contributed by atoms with Gasteiger partial charge in [-0.1, -0.05) is 6.07 Å². The summed E-state index contributed by atoms with van der Waals surface area (Å²) in [7, 11) is 3.25. The summed E-state index contributed by atoms with van der Waals surface area (Å²) in [4.78, 5) is 11.8. The first-order chi connectivity index (χ1) is 10.6. The molecule has 0 aliphatic carbocycles. The molecule has 2 aromatic rings. The number of nitrogens with one attached hydrogen (secondary N) is 2. The number of H-pyrrole nitrogens is 1. The van der Waals surface area contributed by atoms with Gasteiger partial charge in [0.15, 0.2) is 5.82 Å². The van der Waals surface area contributed by atoms with Crippen LogP contribution >= 0.6 is 11.8 Å². The van der Waals surface area contributed by atoms with Gasteiger partial charge in [-0.2, -0.15) is 5.10 Å². The molecule has 0 radical (unpaired) electrons. The van der Waals surface area contributed by atoms with Crippen LogP contribution in [0.3, 0.4) is 0 Å². The van der Waals surface area contributed by atoms with Crippen LogP contribution in [0.5, 0.6) is 11.5 Å². The summed E-state index contributed by atoms with van der Waals surface area (Å²) in [5, 5.41) is 9.94. The predicted octanol–water partition coefficient (Wildman–Crippen LogP) is 2.51. The molecule has 0 saturated carbocycles. The smallest absolute Gasteiger partial charge is 0.235 e. The Balaban J connectivity index is 2.11. The number of benzene rings is 1. The zero-order valence-electron chi connectivity index (χ0n) is 12.6. The number of hydrogen-bond acceptors (Lipinski definition) is 5. The van der Waals surface area contributed by atoms with Gasteiger partial charge < -0.3 is 14.8 Å². The molecular weight excluding hydrogens is 302 g/mol. The number of ether oxygens (including phenoxy) is 2. The number of aryl methyl sites for hydroxylation is 1. The average Bonchev–Trinajstić information content (AvgIpc) is 2.79. The maximum absolute atomic E-state index is 11.8. The normalized spacial score (nSPS) is 17.4. The number of amides is 1. The lowest BCUT2D eigenvalue weighted by Gasteiger charge is -2.18. The fourth-order valence-corrected chi connectivity index (χ4v) is 3.76. The van der Waals surface area contributed by atoms with Crippen LogP contribution in [-0.2, 0) is 4.79 Å². The maximum Gasteiger partial charge on any atom is 0.235 e. The number of aromatic amines is 1. The molecule has 7 heteroatoms. The van der Waals surface area contributed by atoms with Gasteiger partial charge in [0.2, 0.25) is 5.91 Å². The van der Waals surface area contributed by atoms with Crippen LogP contribution in [0.1, 0.15) is 22.1 Å². The molecule has 2 N–H and O–H groups in total. The van der Waals surface area contributed by atoms with Crippen molar-refractivity contribution in [1.29, 1.82) is 0 Å². The molecule has 2 heterocycles. The topological polar surface area (TPSA) is 76.2 Å². The molecular formula is C15H17N3O3S. The number of anilines is 1. The Bertz CT molecular complexity index is 714. The van der Waals surface area contributed by atoms with Crippen LogP contribution in [0.2, 0.25) is 0 Å². The summed E-state index contributed by atoms with van der Waals surface area (Å²) < 4.78 is 10.8. The minimum atomic E-state index is -0.0484. The van der Waals surface area contributed by atoms with E-state index < -0.39 is 0 Å². The largest absolute Gasteiger partial charge is 0.497 e. The number of nitrogens with zero attached hydrogens (tertiary/aromatic N) is 1. The molecule has 1 atom stereocenters. The van der Waals surface area contributed by atoms with Gasteiger partial charge in [0.05, 0.1) is 25.2 Å². The first-order valence-electron chi connectivity index (χ1n) is 6.82. The highest BCUT2D eigenvalue weighted by atomic mass is 32.2. The minimum Gasteiger partial charge on any atom is -0.497 e. The van der Waals surface area contributed by atoms with Crippen molar-refractivity contribution in [3.8, 4) is 11.5 Å². The first kappa shape index (κ1) is 14.8. The molecule has 1 aliphatic heterocycles. The molecule has 1 amide bonds. The lowest BCUT2D eigenvalue weighted by molar-refractivity contribution is -0.113. The highest BCUT2D eigenvalue weighted by molar-refractivity contribution is 8.00. The van der Waals surface area contributed by atoms with Crippen LogP contribution in [-0.4, -0.2) is 36.1 Å². The molecule has 6 nitrogen and oxygen atoms in total. The Hall–Kier alpha value is -2.15. The van der Waals surface area contributed by atoms with Gasteiger partial charge in [0.25, 0.3) is 0 Å². The molecule has 0 fully saturated rings. The van der Waals surface area contributed by atoms with Gasteiger partial charge in [-0.15, -0.1) is 11.8 Å². The van der Waals surface area contributed by atoms with E-state index in [4.69, 9.17) is 9.47 Å². The number of carbonyl (C=O) groups excluding carboxylic acids is 1. The zero-order chi connectivity index (χ0) is 15.7. The van der Waals surface area contributed by atoms with E-state index in [0.717, 1.165) is 28.3 Å².